The number of benzene rings is 1. The van der Waals surface area contributed by atoms with E-state index in [2.05, 4.69) is 72.3 Å². The predicted octanol–water partition coefficient (Wildman–Crippen LogP) is 5.95. The van der Waals surface area contributed by atoms with Crippen molar-refractivity contribution >= 4 is 10.3 Å². The minimum Gasteiger partial charge on any atom is -0.369 e. The molecule has 0 radical (unpaired) electrons. The van der Waals surface area contributed by atoms with Crippen molar-refractivity contribution in [1.82, 2.24) is 0 Å². The van der Waals surface area contributed by atoms with Crippen LogP contribution in [0, 0.1) is 5.41 Å². The summed E-state index contributed by atoms with van der Waals surface area (Å²) in [4.78, 5) is 0. The molecular weight excluding hydrogens is 316 g/mol. The zero-order valence-corrected chi connectivity index (χ0v) is 17.4. The third-order valence-electron chi connectivity index (χ3n) is 6.43. The quantitative estimate of drug-likeness (QED) is 0.670. The fourth-order valence-corrected chi connectivity index (χ4v) is 4.66. The van der Waals surface area contributed by atoms with Crippen molar-refractivity contribution in [2.75, 3.05) is 12.5 Å². The van der Waals surface area contributed by atoms with Gasteiger partial charge in [0, 0.05) is 10.2 Å². The Hall–Kier alpha value is -0.510. The van der Waals surface area contributed by atoms with E-state index in [-0.39, 0.29) is 22.4 Å². The monoisotopic (exact) mass is 350 g/mol. The molecule has 0 aromatic heterocycles. The van der Waals surface area contributed by atoms with Crippen LogP contribution in [0.25, 0.3) is 0 Å². The number of rotatable bonds is 3. The van der Waals surface area contributed by atoms with Crippen LogP contribution in [0.2, 0.25) is 0 Å². The van der Waals surface area contributed by atoms with E-state index in [0.717, 1.165) is 12.8 Å². The van der Waals surface area contributed by atoms with Gasteiger partial charge in [0.1, 0.15) is 0 Å². The van der Waals surface area contributed by atoms with Gasteiger partial charge >= 0.3 is 0 Å². The van der Waals surface area contributed by atoms with Gasteiger partial charge in [-0.2, -0.15) is 0 Å². The lowest BCUT2D eigenvalue weighted by Gasteiger charge is -2.51. The second-order valence-electron chi connectivity index (χ2n) is 9.36. The van der Waals surface area contributed by atoms with Gasteiger partial charge in [-0.25, -0.2) is 0 Å². The Balaban J connectivity index is 1.88. The first-order valence-corrected chi connectivity index (χ1v) is 11.5. The van der Waals surface area contributed by atoms with Crippen molar-refractivity contribution in [2.24, 2.45) is 5.41 Å². The van der Waals surface area contributed by atoms with E-state index in [1.165, 1.54) is 16.7 Å². The maximum absolute atomic E-state index is 6.69. The first kappa shape index (κ1) is 18.3. The van der Waals surface area contributed by atoms with Crippen molar-refractivity contribution in [1.29, 1.82) is 0 Å². The first-order valence-electron chi connectivity index (χ1n) is 9.13. The number of hydrogen-bond donors (Lipinski definition) is 0. The van der Waals surface area contributed by atoms with Crippen molar-refractivity contribution < 1.29 is 8.92 Å². The standard InChI is InChI=1S/C21H34O2S/c1-14-21(5,6)19(22-14)17-11-9-10-16-15(17)12-13-18(16)23-24(7,8)20(2,3)4/h9-11,14,18-19H,12-13H2,1-8H3/t14?,18-,19?/m0/s1. The Morgan fingerprint density at radius 2 is 1.79 bits per heavy atom. The Labute approximate surface area is 149 Å². The highest BCUT2D eigenvalue weighted by Crippen LogP contribution is 2.59. The molecule has 0 N–H and O–H groups in total. The van der Waals surface area contributed by atoms with Crippen LogP contribution >= 0.6 is 10.3 Å². The highest BCUT2D eigenvalue weighted by molar-refractivity contribution is 8.29. The van der Waals surface area contributed by atoms with E-state index in [9.17, 15) is 0 Å². The summed E-state index contributed by atoms with van der Waals surface area (Å²) in [5, 5.41) is 0. The summed E-state index contributed by atoms with van der Waals surface area (Å²) in [6.45, 7) is 13.7. The van der Waals surface area contributed by atoms with Gasteiger partial charge < -0.3 is 8.92 Å². The molecular formula is C21H34O2S. The predicted molar refractivity (Wildman–Crippen MR) is 105 cm³/mol. The van der Waals surface area contributed by atoms with E-state index in [1.807, 2.05) is 0 Å². The lowest BCUT2D eigenvalue weighted by atomic mass is 9.72. The topological polar surface area (TPSA) is 18.5 Å². The molecule has 0 saturated carbocycles. The number of hydrogen-bond acceptors (Lipinski definition) is 2. The van der Waals surface area contributed by atoms with Crippen molar-refractivity contribution in [3.8, 4) is 0 Å². The molecule has 1 saturated heterocycles. The van der Waals surface area contributed by atoms with E-state index in [1.54, 1.807) is 0 Å². The minimum absolute atomic E-state index is 0.196. The summed E-state index contributed by atoms with van der Waals surface area (Å²) in [5.41, 5.74) is 4.49. The third-order valence-corrected chi connectivity index (χ3v) is 10.1. The molecule has 0 spiro atoms. The van der Waals surface area contributed by atoms with Gasteiger partial charge in [-0.3, -0.25) is 0 Å². The van der Waals surface area contributed by atoms with Gasteiger partial charge in [0.25, 0.3) is 0 Å². The molecule has 2 unspecified atom stereocenters. The summed E-state index contributed by atoms with van der Waals surface area (Å²) in [6.07, 6.45) is 7.61. The fourth-order valence-electron chi connectivity index (χ4n) is 3.59. The zero-order valence-electron chi connectivity index (χ0n) is 16.6. The minimum atomic E-state index is -1.11. The molecule has 1 aromatic rings. The molecule has 2 aliphatic rings. The van der Waals surface area contributed by atoms with Crippen molar-refractivity contribution in [3.63, 3.8) is 0 Å². The lowest BCUT2D eigenvalue weighted by molar-refractivity contribution is -0.230. The molecule has 24 heavy (non-hydrogen) atoms. The largest absolute Gasteiger partial charge is 0.369 e. The smallest absolute Gasteiger partial charge is 0.0956 e. The van der Waals surface area contributed by atoms with Gasteiger partial charge in [-0.1, -0.05) is 52.8 Å². The Morgan fingerprint density at radius 3 is 2.33 bits per heavy atom. The molecule has 3 rings (SSSR count). The highest BCUT2D eigenvalue weighted by Gasteiger charge is 2.49. The molecule has 1 heterocycles. The second kappa shape index (κ2) is 5.75. The van der Waals surface area contributed by atoms with Crippen LogP contribution in [0.15, 0.2) is 18.2 Å². The van der Waals surface area contributed by atoms with Gasteiger partial charge in [-0.15, -0.1) is 10.3 Å². The van der Waals surface area contributed by atoms with Gasteiger partial charge in [0.15, 0.2) is 0 Å². The van der Waals surface area contributed by atoms with Crippen LogP contribution in [-0.4, -0.2) is 23.4 Å². The molecule has 3 heteroatoms. The molecule has 1 aliphatic heterocycles. The molecule has 3 atom stereocenters. The Kier molecular flexibility index (Phi) is 4.38. The average Bonchev–Trinajstić information content (AvgIpc) is 2.86. The average molecular weight is 351 g/mol. The normalized spacial score (nSPS) is 29.9. The number of ether oxygens (including phenoxy) is 1. The summed E-state index contributed by atoms with van der Waals surface area (Å²) < 4.78 is 13.0. The zero-order chi connectivity index (χ0) is 17.9. The summed E-state index contributed by atoms with van der Waals surface area (Å²) in [5.74, 6) is 0. The number of fused-ring (bicyclic) bond motifs is 1. The summed E-state index contributed by atoms with van der Waals surface area (Å²) >= 11 is 0. The van der Waals surface area contributed by atoms with E-state index in [4.69, 9.17) is 8.92 Å². The Morgan fingerprint density at radius 1 is 1.17 bits per heavy atom. The van der Waals surface area contributed by atoms with Crippen LogP contribution in [0.5, 0.6) is 0 Å². The molecule has 136 valence electrons. The van der Waals surface area contributed by atoms with Crippen molar-refractivity contribution in [2.45, 2.75) is 77.4 Å². The van der Waals surface area contributed by atoms with Gasteiger partial charge in [0.2, 0.25) is 0 Å². The first-order chi connectivity index (χ1) is 10.9. The molecule has 1 aromatic carbocycles. The van der Waals surface area contributed by atoms with Crippen LogP contribution in [0.4, 0.5) is 0 Å². The van der Waals surface area contributed by atoms with E-state index < -0.39 is 10.3 Å². The van der Waals surface area contributed by atoms with Crippen LogP contribution in [0.1, 0.15) is 76.9 Å². The third kappa shape index (κ3) is 2.83. The second-order valence-corrected chi connectivity index (χ2v) is 13.2. The maximum Gasteiger partial charge on any atom is 0.0956 e. The fraction of sp³-hybridized carbons (Fsp3) is 0.714. The van der Waals surface area contributed by atoms with Crippen LogP contribution < -0.4 is 0 Å². The van der Waals surface area contributed by atoms with Crippen molar-refractivity contribution in [3.05, 3.63) is 34.9 Å². The molecule has 0 amide bonds. The molecule has 1 fully saturated rings. The molecule has 1 aliphatic carbocycles. The van der Waals surface area contributed by atoms with Crippen LogP contribution in [0.3, 0.4) is 0 Å². The summed E-state index contributed by atoms with van der Waals surface area (Å²) in [7, 11) is -1.11. The van der Waals surface area contributed by atoms with Gasteiger partial charge in [-0.05, 0) is 49.0 Å². The molecule has 2 nitrogen and oxygen atoms in total. The van der Waals surface area contributed by atoms with E-state index >= 15 is 0 Å². The maximum atomic E-state index is 6.69. The van der Waals surface area contributed by atoms with Gasteiger partial charge in [0.05, 0.1) is 18.3 Å². The van der Waals surface area contributed by atoms with Crippen LogP contribution in [-0.2, 0) is 15.3 Å². The Bertz CT molecular complexity index is 627. The SMILES string of the molecule is CC1OC(c2cccc3c2CC[C@@H]3OS(C)(C)C(C)(C)C)C1(C)C. The van der Waals surface area contributed by atoms with E-state index in [0.29, 0.717) is 6.10 Å². The molecule has 0 bridgehead atoms. The lowest BCUT2D eigenvalue weighted by Crippen LogP contribution is -2.48. The highest BCUT2D eigenvalue weighted by atomic mass is 32.3. The summed E-state index contributed by atoms with van der Waals surface area (Å²) in [6, 6.07) is 6.72.